The van der Waals surface area contributed by atoms with Crippen LogP contribution in [0.1, 0.15) is 10.4 Å². The van der Waals surface area contributed by atoms with Crippen molar-refractivity contribution in [3.63, 3.8) is 0 Å². The predicted octanol–water partition coefficient (Wildman–Crippen LogP) is 1.56. The zero-order valence-corrected chi connectivity index (χ0v) is 8.71. The van der Waals surface area contributed by atoms with Crippen molar-refractivity contribution >= 4 is 23.2 Å². The SMILES string of the molecule is CON(C)C(=O)c1cc(N)ccc1Cl. The van der Waals surface area contributed by atoms with Crippen LogP contribution in [0.15, 0.2) is 18.2 Å². The van der Waals surface area contributed by atoms with Crippen LogP contribution < -0.4 is 5.73 Å². The molecule has 0 heterocycles. The number of hydrogen-bond acceptors (Lipinski definition) is 3. The van der Waals surface area contributed by atoms with Gasteiger partial charge in [-0.05, 0) is 18.2 Å². The first kappa shape index (κ1) is 10.8. The second-order valence-corrected chi connectivity index (χ2v) is 3.13. The molecule has 0 aliphatic carbocycles. The van der Waals surface area contributed by atoms with E-state index in [1.54, 1.807) is 12.1 Å². The molecule has 0 spiro atoms. The third kappa shape index (κ3) is 2.16. The number of nitrogens with two attached hydrogens (primary N) is 1. The van der Waals surface area contributed by atoms with Crippen LogP contribution in [-0.4, -0.2) is 25.1 Å². The maximum absolute atomic E-state index is 11.6. The Labute approximate surface area is 87.2 Å². The van der Waals surface area contributed by atoms with Crippen LogP contribution in [0.3, 0.4) is 0 Å². The van der Waals surface area contributed by atoms with Gasteiger partial charge in [-0.15, -0.1) is 0 Å². The van der Waals surface area contributed by atoms with Crippen LogP contribution >= 0.6 is 11.6 Å². The number of amides is 1. The summed E-state index contributed by atoms with van der Waals surface area (Å²) < 4.78 is 0. The summed E-state index contributed by atoms with van der Waals surface area (Å²) in [6.45, 7) is 0. The van der Waals surface area contributed by atoms with Crippen LogP contribution in [0.5, 0.6) is 0 Å². The third-order valence-electron chi connectivity index (χ3n) is 1.78. The molecule has 5 heteroatoms. The summed E-state index contributed by atoms with van der Waals surface area (Å²) in [4.78, 5) is 16.4. The minimum Gasteiger partial charge on any atom is -0.399 e. The lowest BCUT2D eigenvalue weighted by atomic mass is 10.2. The maximum Gasteiger partial charge on any atom is 0.278 e. The van der Waals surface area contributed by atoms with Crippen molar-refractivity contribution in [1.29, 1.82) is 0 Å². The van der Waals surface area contributed by atoms with Gasteiger partial charge in [0.2, 0.25) is 0 Å². The molecule has 0 aromatic heterocycles. The lowest BCUT2D eigenvalue weighted by Crippen LogP contribution is -2.25. The zero-order valence-electron chi connectivity index (χ0n) is 7.95. The van der Waals surface area contributed by atoms with Gasteiger partial charge in [-0.25, -0.2) is 5.06 Å². The second-order valence-electron chi connectivity index (χ2n) is 2.72. The summed E-state index contributed by atoms with van der Waals surface area (Å²) >= 11 is 5.83. The number of halogens is 1. The fraction of sp³-hybridized carbons (Fsp3) is 0.222. The van der Waals surface area contributed by atoms with E-state index in [9.17, 15) is 4.79 Å². The molecule has 14 heavy (non-hydrogen) atoms. The van der Waals surface area contributed by atoms with Gasteiger partial charge in [0, 0.05) is 12.7 Å². The molecule has 2 N–H and O–H groups in total. The fourth-order valence-electron chi connectivity index (χ4n) is 0.959. The molecule has 1 aromatic carbocycles. The molecule has 0 fully saturated rings. The molecule has 1 rings (SSSR count). The second kappa shape index (κ2) is 4.30. The molecule has 0 saturated carbocycles. The molecule has 1 aromatic rings. The maximum atomic E-state index is 11.6. The lowest BCUT2D eigenvalue weighted by molar-refractivity contribution is -0.0756. The molecular weight excluding hydrogens is 204 g/mol. The van der Waals surface area contributed by atoms with Crippen LogP contribution in [0.4, 0.5) is 5.69 Å². The Morgan fingerprint density at radius 1 is 1.57 bits per heavy atom. The van der Waals surface area contributed by atoms with E-state index >= 15 is 0 Å². The molecule has 0 aliphatic heterocycles. The molecule has 76 valence electrons. The van der Waals surface area contributed by atoms with Gasteiger partial charge in [0.25, 0.3) is 5.91 Å². The van der Waals surface area contributed by atoms with E-state index in [0.717, 1.165) is 5.06 Å². The summed E-state index contributed by atoms with van der Waals surface area (Å²) in [7, 11) is 2.90. The number of hydrogen-bond donors (Lipinski definition) is 1. The smallest absolute Gasteiger partial charge is 0.278 e. The molecule has 0 unspecified atom stereocenters. The van der Waals surface area contributed by atoms with Crippen molar-refractivity contribution in [2.45, 2.75) is 0 Å². The standard InChI is InChI=1S/C9H11ClN2O2/c1-12(14-2)9(13)7-5-6(11)3-4-8(7)10/h3-5H,11H2,1-2H3. The van der Waals surface area contributed by atoms with Gasteiger partial charge in [-0.1, -0.05) is 11.6 Å². The number of nitrogens with zero attached hydrogens (tertiary/aromatic N) is 1. The molecule has 0 saturated heterocycles. The Morgan fingerprint density at radius 3 is 2.79 bits per heavy atom. The fourth-order valence-corrected chi connectivity index (χ4v) is 1.16. The highest BCUT2D eigenvalue weighted by Crippen LogP contribution is 2.20. The molecule has 0 aliphatic rings. The first-order valence-electron chi connectivity index (χ1n) is 3.93. The average Bonchev–Trinajstić information content (AvgIpc) is 2.19. The van der Waals surface area contributed by atoms with E-state index in [-0.39, 0.29) is 5.91 Å². The normalized spacial score (nSPS) is 9.93. The summed E-state index contributed by atoms with van der Waals surface area (Å²) in [6, 6.07) is 4.72. The van der Waals surface area contributed by atoms with E-state index < -0.39 is 0 Å². The highest BCUT2D eigenvalue weighted by Gasteiger charge is 2.14. The number of carbonyl (C=O) groups excluding carboxylic acids is 1. The minimum absolute atomic E-state index is 0.329. The van der Waals surface area contributed by atoms with E-state index in [0.29, 0.717) is 16.3 Å². The van der Waals surface area contributed by atoms with Crippen molar-refractivity contribution in [3.8, 4) is 0 Å². The van der Waals surface area contributed by atoms with Gasteiger partial charge < -0.3 is 5.73 Å². The van der Waals surface area contributed by atoms with Crippen molar-refractivity contribution in [2.24, 2.45) is 0 Å². The first-order chi connectivity index (χ1) is 6.56. The summed E-state index contributed by atoms with van der Waals surface area (Å²) in [5, 5.41) is 1.44. The largest absolute Gasteiger partial charge is 0.399 e. The predicted molar refractivity (Wildman–Crippen MR) is 55.0 cm³/mol. The minimum atomic E-state index is -0.329. The van der Waals surface area contributed by atoms with Gasteiger partial charge in [-0.3, -0.25) is 9.63 Å². The van der Waals surface area contributed by atoms with E-state index in [4.69, 9.17) is 22.2 Å². The highest BCUT2D eigenvalue weighted by molar-refractivity contribution is 6.33. The van der Waals surface area contributed by atoms with Crippen LogP contribution in [0, 0.1) is 0 Å². The van der Waals surface area contributed by atoms with Gasteiger partial charge in [-0.2, -0.15) is 0 Å². The van der Waals surface area contributed by atoms with E-state index in [1.165, 1.54) is 20.2 Å². The molecule has 4 nitrogen and oxygen atoms in total. The number of benzene rings is 1. The number of hydroxylamine groups is 2. The van der Waals surface area contributed by atoms with E-state index in [1.807, 2.05) is 0 Å². The monoisotopic (exact) mass is 214 g/mol. The molecule has 0 atom stereocenters. The van der Waals surface area contributed by atoms with Crippen molar-refractivity contribution in [2.75, 3.05) is 19.9 Å². The average molecular weight is 215 g/mol. The van der Waals surface area contributed by atoms with Crippen LogP contribution in [0.25, 0.3) is 0 Å². The number of nitrogen functional groups attached to an aromatic ring is 1. The van der Waals surface area contributed by atoms with Gasteiger partial charge in [0.05, 0.1) is 17.7 Å². The Hall–Kier alpha value is -1.26. The number of anilines is 1. The Bertz CT molecular complexity index is 355. The summed E-state index contributed by atoms with van der Waals surface area (Å²) in [5.41, 5.74) is 6.35. The van der Waals surface area contributed by atoms with Crippen molar-refractivity contribution in [3.05, 3.63) is 28.8 Å². The molecule has 1 amide bonds. The van der Waals surface area contributed by atoms with Crippen LogP contribution in [-0.2, 0) is 4.84 Å². The highest BCUT2D eigenvalue weighted by atomic mass is 35.5. The quantitative estimate of drug-likeness (QED) is 0.601. The summed E-state index contributed by atoms with van der Waals surface area (Å²) in [6.07, 6.45) is 0. The summed E-state index contributed by atoms with van der Waals surface area (Å²) in [5.74, 6) is -0.329. The van der Waals surface area contributed by atoms with Crippen molar-refractivity contribution < 1.29 is 9.63 Å². The Morgan fingerprint density at radius 2 is 2.21 bits per heavy atom. The van der Waals surface area contributed by atoms with Crippen LogP contribution in [0.2, 0.25) is 5.02 Å². The van der Waals surface area contributed by atoms with E-state index in [2.05, 4.69) is 0 Å². The van der Waals surface area contributed by atoms with Crippen molar-refractivity contribution in [1.82, 2.24) is 5.06 Å². The third-order valence-corrected chi connectivity index (χ3v) is 2.11. The first-order valence-corrected chi connectivity index (χ1v) is 4.31. The van der Waals surface area contributed by atoms with Gasteiger partial charge in [0.15, 0.2) is 0 Å². The molecule has 0 bridgehead atoms. The number of carbonyl (C=O) groups is 1. The number of rotatable bonds is 2. The zero-order chi connectivity index (χ0) is 10.7. The molecule has 0 radical (unpaired) electrons. The molecular formula is C9H11ClN2O2. The Balaban J connectivity index is 3.06. The topological polar surface area (TPSA) is 55.6 Å². The van der Waals surface area contributed by atoms with Gasteiger partial charge >= 0.3 is 0 Å². The Kier molecular flexibility index (Phi) is 3.33. The van der Waals surface area contributed by atoms with Gasteiger partial charge in [0.1, 0.15) is 0 Å². The lowest BCUT2D eigenvalue weighted by Gasteiger charge is -2.14.